The summed E-state index contributed by atoms with van der Waals surface area (Å²) in [5, 5.41) is 0.487. The van der Waals surface area contributed by atoms with Crippen LogP contribution in [0.1, 0.15) is 38.5 Å². The summed E-state index contributed by atoms with van der Waals surface area (Å²) in [5.74, 6) is 4.09. The predicted octanol–water partition coefficient (Wildman–Crippen LogP) is 3.37. The molecule has 0 heterocycles. The van der Waals surface area contributed by atoms with Gasteiger partial charge in [0.25, 0.3) is 0 Å². The Morgan fingerprint density at radius 1 is 1.06 bits per heavy atom. The van der Waals surface area contributed by atoms with Crippen molar-refractivity contribution >= 4 is 11.6 Å². The molecule has 1 nitrogen and oxygen atoms in total. The van der Waals surface area contributed by atoms with E-state index in [0.717, 1.165) is 23.7 Å². The molecule has 2 bridgehead atoms. The van der Waals surface area contributed by atoms with E-state index in [2.05, 4.69) is 11.9 Å². The van der Waals surface area contributed by atoms with E-state index in [0.29, 0.717) is 5.38 Å². The normalized spacial score (nSPS) is 46.3. The van der Waals surface area contributed by atoms with E-state index in [-0.39, 0.29) is 0 Å². The minimum atomic E-state index is 0.487. The molecule has 2 heteroatoms. The predicted molar refractivity (Wildman–Crippen MR) is 68.8 cm³/mol. The molecule has 3 saturated carbocycles. The van der Waals surface area contributed by atoms with Gasteiger partial charge in [0, 0.05) is 18.5 Å². The van der Waals surface area contributed by atoms with Gasteiger partial charge in [-0.1, -0.05) is 6.42 Å². The van der Waals surface area contributed by atoms with Gasteiger partial charge in [-0.15, -0.1) is 11.6 Å². The minimum absolute atomic E-state index is 0.487. The summed E-state index contributed by atoms with van der Waals surface area (Å²) in [6.45, 7) is 2.64. The quantitative estimate of drug-likeness (QED) is 0.683. The third-order valence-corrected chi connectivity index (χ3v) is 5.54. The Labute approximate surface area is 105 Å². The van der Waals surface area contributed by atoms with Crippen molar-refractivity contribution in [1.82, 2.24) is 4.90 Å². The molecule has 0 aliphatic heterocycles. The molecule has 0 saturated heterocycles. The minimum Gasteiger partial charge on any atom is -0.306 e. The molecule has 3 unspecified atom stereocenters. The number of rotatable bonds is 4. The van der Waals surface area contributed by atoms with Crippen LogP contribution in [0.25, 0.3) is 0 Å². The Morgan fingerprint density at radius 3 is 2.44 bits per heavy atom. The molecule has 3 aliphatic carbocycles. The maximum Gasteiger partial charge on any atom is 0.0342 e. The van der Waals surface area contributed by atoms with Crippen molar-refractivity contribution in [1.29, 1.82) is 0 Å². The fourth-order valence-electron chi connectivity index (χ4n) is 4.32. The molecule has 3 aliphatic rings. The zero-order valence-corrected chi connectivity index (χ0v) is 11.1. The first kappa shape index (κ1) is 11.3. The lowest BCUT2D eigenvalue weighted by molar-refractivity contribution is 0.166. The molecule has 0 aromatic carbocycles. The van der Waals surface area contributed by atoms with Crippen molar-refractivity contribution in [2.45, 2.75) is 43.9 Å². The van der Waals surface area contributed by atoms with Gasteiger partial charge < -0.3 is 4.90 Å². The Balaban J connectivity index is 1.41. The van der Waals surface area contributed by atoms with E-state index in [1.54, 1.807) is 6.42 Å². The van der Waals surface area contributed by atoms with Crippen LogP contribution >= 0.6 is 11.6 Å². The topological polar surface area (TPSA) is 3.24 Å². The second kappa shape index (κ2) is 4.49. The maximum absolute atomic E-state index is 6.03. The lowest BCUT2D eigenvalue weighted by Crippen LogP contribution is -2.37. The van der Waals surface area contributed by atoms with Gasteiger partial charge in [0.15, 0.2) is 0 Å². The molecular weight excluding hydrogens is 218 g/mol. The Bertz CT molecular complexity index is 249. The van der Waals surface area contributed by atoms with Crippen molar-refractivity contribution in [3.05, 3.63) is 0 Å². The molecule has 0 aromatic rings. The van der Waals surface area contributed by atoms with Crippen molar-refractivity contribution in [3.8, 4) is 0 Å². The van der Waals surface area contributed by atoms with Crippen LogP contribution in [-0.2, 0) is 0 Å². The van der Waals surface area contributed by atoms with Crippen LogP contribution in [0.15, 0.2) is 0 Å². The number of nitrogens with zero attached hydrogens (tertiary/aromatic N) is 1. The highest BCUT2D eigenvalue weighted by molar-refractivity contribution is 6.21. The van der Waals surface area contributed by atoms with Gasteiger partial charge in [-0.25, -0.2) is 0 Å². The smallest absolute Gasteiger partial charge is 0.0342 e. The number of alkyl halides is 1. The second-order valence-corrected chi connectivity index (χ2v) is 7.21. The van der Waals surface area contributed by atoms with Crippen LogP contribution in [0, 0.1) is 23.7 Å². The Morgan fingerprint density at radius 2 is 1.88 bits per heavy atom. The third-order valence-electron chi connectivity index (χ3n) is 5.18. The zero-order valence-electron chi connectivity index (χ0n) is 10.4. The maximum atomic E-state index is 6.03. The molecule has 0 spiro atoms. The van der Waals surface area contributed by atoms with Crippen LogP contribution < -0.4 is 0 Å². The summed E-state index contributed by atoms with van der Waals surface area (Å²) in [6.07, 6.45) is 8.63. The van der Waals surface area contributed by atoms with Gasteiger partial charge in [0.05, 0.1) is 0 Å². The van der Waals surface area contributed by atoms with Crippen LogP contribution in [0.4, 0.5) is 0 Å². The fraction of sp³-hybridized carbons (Fsp3) is 1.00. The highest BCUT2D eigenvalue weighted by atomic mass is 35.5. The molecule has 3 fully saturated rings. The summed E-state index contributed by atoms with van der Waals surface area (Å²) in [6, 6.07) is 0. The van der Waals surface area contributed by atoms with Gasteiger partial charge in [-0.05, 0) is 62.8 Å². The molecule has 3 rings (SSSR count). The van der Waals surface area contributed by atoms with Crippen LogP contribution in [0.2, 0.25) is 0 Å². The number of hydrogen-bond acceptors (Lipinski definition) is 1. The number of halogens is 1. The lowest BCUT2D eigenvalue weighted by Gasteiger charge is -2.36. The van der Waals surface area contributed by atoms with Crippen molar-refractivity contribution in [2.75, 3.05) is 20.1 Å². The molecule has 0 amide bonds. The first-order valence-electron chi connectivity index (χ1n) is 7.03. The van der Waals surface area contributed by atoms with Gasteiger partial charge in [0.2, 0.25) is 0 Å². The largest absolute Gasteiger partial charge is 0.306 e. The molecule has 0 aromatic heterocycles. The van der Waals surface area contributed by atoms with Crippen LogP contribution in [0.3, 0.4) is 0 Å². The van der Waals surface area contributed by atoms with E-state index in [9.17, 15) is 0 Å². The zero-order chi connectivity index (χ0) is 11.1. The van der Waals surface area contributed by atoms with E-state index >= 15 is 0 Å². The van der Waals surface area contributed by atoms with E-state index < -0.39 is 0 Å². The number of hydrogen-bond donors (Lipinski definition) is 0. The Kier molecular flexibility index (Phi) is 3.19. The fourth-order valence-corrected chi connectivity index (χ4v) is 4.82. The summed E-state index contributed by atoms with van der Waals surface area (Å²) >= 11 is 6.03. The second-order valence-electron chi connectivity index (χ2n) is 6.59. The molecular formula is C14H24ClN. The Hall–Kier alpha value is 0.250. The van der Waals surface area contributed by atoms with Gasteiger partial charge in [-0.3, -0.25) is 0 Å². The van der Waals surface area contributed by atoms with Crippen LogP contribution in [-0.4, -0.2) is 30.4 Å². The summed E-state index contributed by atoms with van der Waals surface area (Å²) < 4.78 is 0. The lowest BCUT2D eigenvalue weighted by atomic mass is 9.83. The third kappa shape index (κ3) is 2.26. The van der Waals surface area contributed by atoms with E-state index in [1.165, 1.54) is 45.2 Å². The molecule has 0 radical (unpaired) electrons. The average Bonchev–Trinajstić information content (AvgIpc) is 2.76. The van der Waals surface area contributed by atoms with Gasteiger partial charge in [-0.2, -0.15) is 0 Å². The highest BCUT2D eigenvalue weighted by Gasteiger charge is 2.40. The molecule has 3 atom stereocenters. The first-order chi connectivity index (χ1) is 7.70. The van der Waals surface area contributed by atoms with Crippen molar-refractivity contribution in [3.63, 3.8) is 0 Å². The van der Waals surface area contributed by atoms with Gasteiger partial charge >= 0.3 is 0 Å². The van der Waals surface area contributed by atoms with Crippen LogP contribution in [0.5, 0.6) is 0 Å². The first-order valence-corrected chi connectivity index (χ1v) is 7.47. The molecule has 92 valence electrons. The highest BCUT2D eigenvalue weighted by Crippen LogP contribution is 2.48. The standard InChI is InChI=1S/C14H24ClN/c1-16(8-11-6-14(15)7-11)9-13-5-10-2-3-12(13)4-10/h10-14H,2-9H2,1H3. The summed E-state index contributed by atoms with van der Waals surface area (Å²) in [5.41, 5.74) is 0. The van der Waals surface area contributed by atoms with Crippen molar-refractivity contribution in [2.24, 2.45) is 23.7 Å². The molecule has 16 heavy (non-hydrogen) atoms. The monoisotopic (exact) mass is 241 g/mol. The SMILES string of the molecule is CN(CC1CC(Cl)C1)CC1CC2CCC1C2. The van der Waals surface area contributed by atoms with Crippen molar-refractivity contribution < 1.29 is 0 Å². The van der Waals surface area contributed by atoms with E-state index in [4.69, 9.17) is 11.6 Å². The number of fused-ring (bicyclic) bond motifs is 2. The summed E-state index contributed by atoms with van der Waals surface area (Å²) in [7, 11) is 2.31. The van der Waals surface area contributed by atoms with E-state index in [1.807, 2.05) is 0 Å². The van der Waals surface area contributed by atoms with Gasteiger partial charge in [0.1, 0.15) is 0 Å². The summed E-state index contributed by atoms with van der Waals surface area (Å²) in [4.78, 5) is 2.58. The molecule has 0 N–H and O–H groups in total. The average molecular weight is 242 g/mol.